The van der Waals surface area contributed by atoms with E-state index < -0.39 is 5.97 Å². The number of halogens is 1. The van der Waals surface area contributed by atoms with Crippen molar-refractivity contribution in [2.24, 2.45) is 0 Å². The van der Waals surface area contributed by atoms with E-state index in [0.717, 1.165) is 11.3 Å². The fraction of sp³-hybridized carbons (Fsp3) is 0.0833. The molecule has 0 aliphatic heterocycles. The topological polar surface area (TPSA) is 46.5 Å². The Bertz CT molecular complexity index is 563. The van der Waals surface area contributed by atoms with Crippen LogP contribution >= 0.6 is 11.3 Å². The van der Waals surface area contributed by atoms with Gasteiger partial charge in [-0.15, -0.1) is 11.3 Å². The normalized spacial score (nSPS) is 10.2. The van der Waals surface area contributed by atoms with E-state index in [-0.39, 0.29) is 10.7 Å². The molecule has 0 amide bonds. The van der Waals surface area contributed by atoms with Crippen molar-refractivity contribution >= 4 is 17.3 Å². The lowest BCUT2D eigenvalue weighted by Gasteiger charge is -2.04. The predicted octanol–water partition coefficient (Wildman–Crippen LogP) is 3.69. The van der Waals surface area contributed by atoms with Crippen LogP contribution in [0.4, 0.5) is 4.39 Å². The van der Waals surface area contributed by atoms with Crippen molar-refractivity contribution in [3.8, 4) is 11.5 Å². The van der Waals surface area contributed by atoms with Crippen molar-refractivity contribution in [1.29, 1.82) is 0 Å². The van der Waals surface area contributed by atoms with Gasteiger partial charge in [0.1, 0.15) is 22.2 Å². The summed E-state index contributed by atoms with van der Waals surface area (Å²) in [4.78, 5) is 10.9. The Hall–Kier alpha value is -1.88. The third-order valence-corrected chi connectivity index (χ3v) is 3.05. The van der Waals surface area contributed by atoms with Crippen LogP contribution in [0.15, 0.2) is 29.6 Å². The number of carboxylic acid groups (broad SMARTS) is 1. The average molecular weight is 252 g/mol. The molecule has 1 N–H and O–H groups in total. The SMILES string of the molecule is Cc1cc(Oc2csc(C(=O)O)c2)ccc1F. The second-order valence-electron chi connectivity index (χ2n) is 3.46. The molecule has 2 aromatic rings. The van der Waals surface area contributed by atoms with Gasteiger partial charge in [-0.3, -0.25) is 0 Å². The maximum Gasteiger partial charge on any atom is 0.346 e. The average Bonchev–Trinajstić information content (AvgIpc) is 2.72. The Kier molecular flexibility index (Phi) is 3.10. The summed E-state index contributed by atoms with van der Waals surface area (Å²) in [7, 11) is 0. The van der Waals surface area contributed by atoms with E-state index in [9.17, 15) is 9.18 Å². The van der Waals surface area contributed by atoms with Gasteiger partial charge in [-0.2, -0.15) is 0 Å². The fourth-order valence-corrected chi connectivity index (χ4v) is 1.95. The van der Waals surface area contributed by atoms with Gasteiger partial charge < -0.3 is 9.84 Å². The van der Waals surface area contributed by atoms with E-state index in [0.29, 0.717) is 17.1 Å². The molecule has 0 aliphatic rings. The molecule has 1 heterocycles. The molecule has 0 saturated heterocycles. The van der Waals surface area contributed by atoms with Crippen molar-refractivity contribution in [1.82, 2.24) is 0 Å². The Morgan fingerprint density at radius 1 is 1.35 bits per heavy atom. The summed E-state index contributed by atoms with van der Waals surface area (Å²) in [6, 6.07) is 5.81. The molecule has 0 aliphatic carbocycles. The summed E-state index contributed by atoms with van der Waals surface area (Å²) >= 11 is 1.09. The van der Waals surface area contributed by atoms with E-state index in [1.54, 1.807) is 18.4 Å². The van der Waals surface area contributed by atoms with Crippen LogP contribution in [0.2, 0.25) is 0 Å². The lowest BCUT2D eigenvalue weighted by atomic mass is 10.2. The highest BCUT2D eigenvalue weighted by Crippen LogP contribution is 2.27. The third kappa shape index (κ3) is 2.62. The van der Waals surface area contributed by atoms with Crippen molar-refractivity contribution in [2.45, 2.75) is 6.92 Å². The number of hydrogen-bond donors (Lipinski definition) is 1. The summed E-state index contributed by atoms with van der Waals surface area (Å²) in [5, 5.41) is 10.3. The zero-order valence-electron chi connectivity index (χ0n) is 8.94. The van der Waals surface area contributed by atoms with Crippen LogP contribution in [-0.2, 0) is 0 Å². The first kappa shape index (κ1) is 11.6. The molecule has 0 spiro atoms. The van der Waals surface area contributed by atoms with Crippen molar-refractivity contribution in [2.75, 3.05) is 0 Å². The Labute approximate surface area is 101 Å². The molecule has 0 saturated carbocycles. The molecule has 88 valence electrons. The molecular weight excluding hydrogens is 243 g/mol. The summed E-state index contributed by atoms with van der Waals surface area (Å²) in [6.45, 7) is 1.64. The molecule has 1 aromatic carbocycles. The zero-order valence-corrected chi connectivity index (χ0v) is 9.75. The van der Waals surface area contributed by atoms with E-state index >= 15 is 0 Å². The summed E-state index contributed by atoms with van der Waals surface area (Å²) in [6.07, 6.45) is 0. The zero-order chi connectivity index (χ0) is 12.4. The highest BCUT2D eigenvalue weighted by Gasteiger charge is 2.08. The van der Waals surface area contributed by atoms with Crippen LogP contribution in [0.5, 0.6) is 11.5 Å². The predicted molar refractivity (Wildman–Crippen MR) is 62.5 cm³/mol. The number of aromatic carboxylic acids is 1. The molecule has 0 unspecified atom stereocenters. The van der Waals surface area contributed by atoms with Gasteiger partial charge >= 0.3 is 5.97 Å². The lowest BCUT2D eigenvalue weighted by molar-refractivity contribution is 0.0702. The molecule has 2 rings (SSSR count). The van der Waals surface area contributed by atoms with Crippen LogP contribution in [0.1, 0.15) is 15.2 Å². The minimum absolute atomic E-state index is 0.207. The summed E-state index contributed by atoms with van der Waals surface area (Å²) < 4.78 is 18.4. The van der Waals surface area contributed by atoms with Crippen LogP contribution in [-0.4, -0.2) is 11.1 Å². The van der Waals surface area contributed by atoms with Crippen LogP contribution in [0.3, 0.4) is 0 Å². The van der Waals surface area contributed by atoms with Gasteiger partial charge in [-0.1, -0.05) is 0 Å². The van der Waals surface area contributed by atoms with Gasteiger partial charge in [-0.05, 0) is 30.7 Å². The number of rotatable bonds is 3. The number of thiophene rings is 1. The number of carboxylic acids is 1. The largest absolute Gasteiger partial charge is 0.477 e. The van der Waals surface area contributed by atoms with Gasteiger partial charge in [0.15, 0.2) is 0 Å². The van der Waals surface area contributed by atoms with Crippen LogP contribution < -0.4 is 4.74 Å². The monoisotopic (exact) mass is 252 g/mol. The summed E-state index contributed by atoms with van der Waals surface area (Å²) in [5.74, 6) is -0.355. The van der Waals surface area contributed by atoms with E-state index in [1.165, 1.54) is 18.2 Å². The number of benzene rings is 1. The molecule has 0 radical (unpaired) electrons. The molecule has 0 atom stereocenters. The van der Waals surface area contributed by atoms with E-state index in [1.807, 2.05) is 0 Å². The molecule has 17 heavy (non-hydrogen) atoms. The minimum Gasteiger partial charge on any atom is -0.477 e. The maximum atomic E-state index is 13.0. The first-order valence-corrected chi connectivity index (χ1v) is 5.70. The van der Waals surface area contributed by atoms with Crippen molar-refractivity contribution in [3.63, 3.8) is 0 Å². The second-order valence-corrected chi connectivity index (χ2v) is 4.38. The Morgan fingerprint density at radius 2 is 2.12 bits per heavy atom. The van der Waals surface area contributed by atoms with Gasteiger partial charge in [-0.25, -0.2) is 9.18 Å². The molecular formula is C12H9FO3S. The molecule has 0 bridgehead atoms. The lowest BCUT2D eigenvalue weighted by Crippen LogP contribution is -1.90. The van der Waals surface area contributed by atoms with Gasteiger partial charge in [0.25, 0.3) is 0 Å². The number of aryl methyl sites for hydroxylation is 1. The number of ether oxygens (including phenoxy) is 1. The second kappa shape index (κ2) is 4.55. The smallest absolute Gasteiger partial charge is 0.346 e. The first-order chi connectivity index (χ1) is 8.06. The van der Waals surface area contributed by atoms with Crippen LogP contribution in [0.25, 0.3) is 0 Å². The highest BCUT2D eigenvalue weighted by molar-refractivity contribution is 7.12. The van der Waals surface area contributed by atoms with Crippen LogP contribution in [0, 0.1) is 12.7 Å². The highest BCUT2D eigenvalue weighted by atomic mass is 32.1. The van der Waals surface area contributed by atoms with E-state index in [2.05, 4.69) is 0 Å². The van der Waals surface area contributed by atoms with Crippen molar-refractivity contribution in [3.05, 3.63) is 45.9 Å². The Balaban J connectivity index is 2.19. The number of hydrogen-bond acceptors (Lipinski definition) is 3. The van der Waals surface area contributed by atoms with E-state index in [4.69, 9.17) is 9.84 Å². The quantitative estimate of drug-likeness (QED) is 0.906. The molecule has 1 aromatic heterocycles. The molecule has 0 fully saturated rings. The Morgan fingerprint density at radius 3 is 2.71 bits per heavy atom. The maximum absolute atomic E-state index is 13.0. The molecule has 3 nitrogen and oxygen atoms in total. The fourth-order valence-electron chi connectivity index (χ4n) is 1.30. The summed E-state index contributed by atoms with van der Waals surface area (Å²) in [5.41, 5.74) is 0.483. The minimum atomic E-state index is -0.986. The molecule has 5 heteroatoms. The van der Waals surface area contributed by atoms with Gasteiger partial charge in [0.2, 0.25) is 0 Å². The first-order valence-electron chi connectivity index (χ1n) is 4.82. The standard InChI is InChI=1S/C12H9FO3S/c1-7-4-8(2-3-10(7)13)16-9-5-11(12(14)15)17-6-9/h2-6H,1H3,(H,14,15). The van der Waals surface area contributed by atoms with Crippen molar-refractivity contribution < 1.29 is 19.0 Å². The van der Waals surface area contributed by atoms with Gasteiger partial charge in [0, 0.05) is 11.4 Å². The third-order valence-electron chi connectivity index (χ3n) is 2.15. The van der Waals surface area contributed by atoms with Gasteiger partial charge in [0.05, 0.1) is 0 Å². The number of carbonyl (C=O) groups is 1.